The van der Waals surface area contributed by atoms with Gasteiger partial charge in [0.05, 0.1) is 4.99 Å². The number of nitrogens with two attached hydrogens (primary N) is 1. The Morgan fingerprint density at radius 2 is 2.00 bits per heavy atom. The van der Waals surface area contributed by atoms with Crippen LogP contribution in [-0.2, 0) is 0 Å². The number of hydrogen-bond donors (Lipinski definition) is 1. The zero-order valence-corrected chi connectivity index (χ0v) is 13.0. The third-order valence-electron chi connectivity index (χ3n) is 3.94. The fourth-order valence-corrected chi connectivity index (χ4v) is 2.78. The monoisotopic (exact) mass is 290 g/mol. The van der Waals surface area contributed by atoms with Crippen LogP contribution in [0.1, 0.15) is 48.5 Å². The van der Waals surface area contributed by atoms with Gasteiger partial charge in [-0.15, -0.1) is 0 Å². The van der Waals surface area contributed by atoms with E-state index in [-0.39, 0.29) is 11.8 Å². The molecule has 0 aliphatic carbocycles. The Labute approximate surface area is 126 Å². The molecule has 1 aliphatic heterocycles. The molecule has 1 aromatic carbocycles. The molecule has 1 fully saturated rings. The number of nitrogens with zero attached hydrogens (tertiary/aromatic N) is 1. The summed E-state index contributed by atoms with van der Waals surface area (Å²) in [6.45, 7) is 5.74. The Balaban J connectivity index is 2.08. The van der Waals surface area contributed by atoms with Gasteiger partial charge in [-0.2, -0.15) is 0 Å². The molecule has 1 aromatic rings. The average molecular weight is 290 g/mol. The highest BCUT2D eigenvalue weighted by Gasteiger charge is 2.25. The summed E-state index contributed by atoms with van der Waals surface area (Å²) in [6.07, 6.45) is 1.96. The molecular weight excluding hydrogens is 268 g/mol. The molecule has 1 aliphatic rings. The zero-order valence-electron chi connectivity index (χ0n) is 12.1. The molecule has 1 heterocycles. The van der Waals surface area contributed by atoms with Crippen LogP contribution in [0.25, 0.3) is 0 Å². The number of hydrogen-bond acceptors (Lipinski definition) is 2. The molecule has 1 saturated heterocycles. The van der Waals surface area contributed by atoms with Crippen molar-refractivity contribution in [2.24, 2.45) is 11.7 Å². The lowest BCUT2D eigenvalue weighted by atomic mass is 9.97. The Kier molecular flexibility index (Phi) is 4.76. The number of benzene rings is 1. The minimum absolute atomic E-state index is 0.0845. The van der Waals surface area contributed by atoms with Crippen LogP contribution >= 0.6 is 12.2 Å². The van der Waals surface area contributed by atoms with Crippen molar-refractivity contribution in [3.05, 3.63) is 35.4 Å². The maximum Gasteiger partial charge on any atom is 0.253 e. The molecular formula is C16H22N2OS. The summed E-state index contributed by atoms with van der Waals surface area (Å²) in [5.41, 5.74) is 7.71. The van der Waals surface area contributed by atoms with Gasteiger partial charge in [-0.3, -0.25) is 4.79 Å². The van der Waals surface area contributed by atoms with Crippen LogP contribution in [0.3, 0.4) is 0 Å². The molecule has 0 aromatic heterocycles. The summed E-state index contributed by atoms with van der Waals surface area (Å²) >= 11 is 5.06. The van der Waals surface area contributed by atoms with Gasteiger partial charge in [-0.1, -0.05) is 38.2 Å². The normalized spacial score (nSPS) is 19.1. The smallest absolute Gasteiger partial charge is 0.253 e. The Morgan fingerprint density at radius 3 is 2.55 bits per heavy atom. The van der Waals surface area contributed by atoms with E-state index >= 15 is 0 Å². The SMILES string of the molecule is CC(C)c1ccc(C(=O)N2CCCC(C(N)=S)C2)cc1. The largest absolute Gasteiger partial charge is 0.393 e. The molecule has 0 radical (unpaired) electrons. The minimum Gasteiger partial charge on any atom is -0.393 e. The highest BCUT2D eigenvalue weighted by atomic mass is 32.1. The van der Waals surface area contributed by atoms with Crippen molar-refractivity contribution in [3.63, 3.8) is 0 Å². The molecule has 0 spiro atoms. The second-order valence-corrected chi connectivity index (χ2v) is 6.24. The van der Waals surface area contributed by atoms with Gasteiger partial charge in [0.1, 0.15) is 0 Å². The zero-order chi connectivity index (χ0) is 14.7. The lowest BCUT2D eigenvalue weighted by Gasteiger charge is -2.32. The molecule has 20 heavy (non-hydrogen) atoms. The molecule has 0 saturated carbocycles. The van der Waals surface area contributed by atoms with Crippen LogP contribution in [0, 0.1) is 5.92 Å². The van der Waals surface area contributed by atoms with Gasteiger partial charge in [0.15, 0.2) is 0 Å². The van der Waals surface area contributed by atoms with E-state index in [1.807, 2.05) is 29.2 Å². The lowest BCUT2D eigenvalue weighted by molar-refractivity contribution is 0.0703. The van der Waals surface area contributed by atoms with E-state index in [0.29, 0.717) is 17.5 Å². The van der Waals surface area contributed by atoms with Crippen molar-refractivity contribution in [3.8, 4) is 0 Å². The second kappa shape index (κ2) is 6.35. The molecule has 3 nitrogen and oxygen atoms in total. The van der Waals surface area contributed by atoms with Crippen LogP contribution in [-0.4, -0.2) is 28.9 Å². The summed E-state index contributed by atoms with van der Waals surface area (Å²) in [6, 6.07) is 7.91. The van der Waals surface area contributed by atoms with E-state index in [9.17, 15) is 4.79 Å². The molecule has 1 unspecified atom stereocenters. The quantitative estimate of drug-likeness (QED) is 0.871. The first-order valence-electron chi connectivity index (χ1n) is 7.17. The van der Waals surface area contributed by atoms with Crippen LogP contribution in [0.15, 0.2) is 24.3 Å². The van der Waals surface area contributed by atoms with Gasteiger partial charge in [0.25, 0.3) is 5.91 Å². The summed E-state index contributed by atoms with van der Waals surface area (Å²) in [4.78, 5) is 14.9. The lowest BCUT2D eigenvalue weighted by Crippen LogP contribution is -2.43. The third kappa shape index (κ3) is 3.37. The third-order valence-corrected chi connectivity index (χ3v) is 4.27. The summed E-state index contributed by atoms with van der Waals surface area (Å²) in [5.74, 6) is 0.729. The highest BCUT2D eigenvalue weighted by Crippen LogP contribution is 2.20. The van der Waals surface area contributed by atoms with Gasteiger partial charge in [0.2, 0.25) is 0 Å². The molecule has 1 atom stereocenters. The standard InChI is InChI=1S/C16H22N2OS/c1-11(2)12-5-7-13(8-6-12)16(19)18-9-3-4-14(10-18)15(17)20/h5-8,11,14H,3-4,9-10H2,1-2H3,(H2,17,20). The Hall–Kier alpha value is -1.42. The van der Waals surface area contributed by atoms with Crippen molar-refractivity contribution in [2.75, 3.05) is 13.1 Å². The molecule has 0 bridgehead atoms. The van der Waals surface area contributed by atoms with Crippen molar-refractivity contribution < 1.29 is 4.79 Å². The van der Waals surface area contributed by atoms with Gasteiger partial charge in [-0.05, 0) is 36.5 Å². The topological polar surface area (TPSA) is 46.3 Å². The number of rotatable bonds is 3. The van der Waals surface area contributed by atoms with Crippen molar-refractivity contribution in [1.29, 1.82) is 0 Å². The Morgan fingerprint density at radius 1 is 1.35 bits per heavy atom. The maximum absolute atomic E-state index is 12.5. The first-order chi connectivity index (χ1) is 9.49. The summed E-state index contributed by atoms with van der Waals surface area (Å²) in [5, 5.41) is 0. The molecule has 1 amide bonds. The predicted molar refractivity (Wildman–Crippen MR) is 85.9 cm³/mol. The van der Waals surface area contributed by atoms with E-state index in [2.05, 4.69) is 13.8 Å². The van der Waals surface area contributed by atoms with Gasteiger partial charge in [0, 0.05) is 24.6 Å². The van der Waals surface area contributed by atoms with Gasteiger partial charge >= 0.3 is 0 Å². The van der Waals surface area contributed by atoms with E-state index in [1.54, 1.807) is 0 Å². The van der Waals surface area contributed by atoms with Gasteiger partial charge < -0.3 is 10.6 Å². The van der Waals surface area contributed by atoms with Gasteiger partial charge in [-0.25, -0.2) is 0 Å². The highest BCUT2D eigenvalue weighted by molar-refractivity contribution is 7.80. The van der Waals surface area contributed by atoms with E-state index in [0.717, 1.165) is 24.9 Å². The molecule has 2 rings (SSSR count). The maximum atomic E-state index is 12.5. The van der Waals surface area contributed by atoms with E-state index < -0.39 is 0 Å². The Bertz CT molecular complexity index is 496. The first kappa shape index (κ1) is 15.0. The number of piperidine rings is 1. The first-order valence-corrected chi connectivity index (χ1v) is 7.58. The summed E-state index contributed by atoms with van der Waals surface area (Å²) in [7, 11) is 0. The average Bonchev–Trinajstić information content (AvgIpc) is 2.46. The number of carbonyl (C=O) groups excluding carboxylic acids is 1. The number of thiocarbonyl (C=S) groups is 1. The fraction of sp³-hybridized carbons (Fsp3) is 0.500. The minimum atomic E-state index is 0.0845. The summed E-state index contributed by atoms with van der Waals surface area (Å²) < 4.78 is 0. The van der Waals surface area contributed by atoms with Crippen LogP contribution in [0.4, 0.5) is 0 Å². The van der Waals surface area contributed by atoms with Crippen LogP contribution in [0.2, 0.25) is 0 Å². The number of amides is 1. The molecule has 2 N–H and O–H groups in total. The van der Waals surface area contributed by atoms with Crippen LogP contribution < -0.4 is 5.73 Å². The number of likely N-dealkylation sites (tertiary alicyclic amines) is 1. The van der Waals surface area contributed by atoms with Crippen molar-refractivity contribution >= 4 is 23.1 Å². The van der Waals surface area contributed by atoms with Crippen molar-refractivity contribution in [2.45, 2.75) is 32.6 Å². The van der Waals surface area contributed by atoms with E-state index in [1.165, 1.54) is 5.56 Å². The van der Waals surface area contributed by atoms with Crippen LogP contribution in [0.5, 0.6) is 0 Å². The molecule has 108 valence electrons. The van der Waals surface area contributed by atoms with Crippen molar-refractivity contribution in [1.82, 2.24) is 4.90 Å². The number of carbonyl (C=O) groups is 1. The predicted octanol–water partition coefficient (Wildman–Crippen LogP) is 2.95. The fourth-order valence-electron chi connectivity index (χ4n) is 2.59. The van der Waals surface area contributed by atoms with E-state index in [4.69, 9.17) is 18.0 Å². The molecule has 4 heteroatoms. The second-order valence-electron chi connectivity index (χ2n) is 5.77.